The fraction of sp³-hybridized carbons (Fsp3) is 0.0137. The van der Waals surface area contributed by atoms with Crippen LogP contribution < -0.4 is 4.90 Å². The molecule has 12 aromatic carbocycles. The second kappa shape index (κ2) is 17.6. The summed E-state index contributed by atoms with van der Waals surface area (Å²) < 4.78 is 12.6. The second-order valence-corrected chi connectivity index (χ2v) is 19.9. The van der Waals surface area contributed by atoms with Gasteiger partial charge in [0.05, 0.1) is 5.41 Å². The second-order valence-electron chi connectivity index (χ2n) is 19.9. The Bertz CT molecular complexity index is 4450. The van der Waals surface area contributed by atoms with Crippen LogP contribution in [0.1, 0.15) is 22.3 Å². The van der Waals surface area contributed by atoms with Crippen LogP contribution in [0.25, 0.3) is 99.5 Å². The van der Waals surface area contributed by atoms with Crippen molar-refractivity contribution in [1.82, 2.24) is 0 Å². The van der Waals surface area contributed by atoms with Gasteiger partial charge in [0.15, 0.2) is 0 Å². The molecule has 0 aliphatic heterocycles. The Morgan fingerprint density at radius 3 is 1.41 bits per heavy atom. The lowest BCUT2D eigenvalue weighted by atomic mass is 9.68. The third-order valence-electron chi connectivity index (χ3n) is 15.8. The lowest BCUT2D eigenvalue weighted by Gasteiger charge is -2.34. The number of nitrogens with zero attached hydrogens (tertiary/aromatic N) is 1. The first kappa shape index (κ1) is 43.6. The molecule has 3 nitrogen and oxygen atoms in total. The molecule has 2 heterocycles. The summed E-state index contributed by atoms with van der Waals surface area (Å²) >= 11 is 0. The molecule has 1 aliphatic rings. The molecule has 0 atom stereocenters. The maximum atomic E-state index is 6.42. The molecule has 0 saturated heterocycles. The van der Waals surface area contributed by atoms with Crippen LogP contribution in [0.15, 0.2) is 294 Å². The minimum atomic E-state index is -0.484. The van der Waals surface area contributed by atoms with E-state index in [-0.39, 0.29) is 0 Å². The van der Waals surface area contributed by atoms with Crippen LogP contribution in [0.5, 0.6) is 0 Å². The highest BCUT2D eigenvalue weighted by Crippen LogP contribution is 2.57. The van der Waals surface area contributed by atoms with Crippen molar-refractivity contribution < 1.29 is 8.83 Å². The molecule has 0 amide bonds. The zero-order valence-corrected chi connectivity index (χ0v) is 41.4. The Labute approximate surface area is 440 Å². The number of furan rings is 2. The largest absolute Gasteiger partial charge is 0.456 e. The maximum Gasteiger partial charge on any atom is 0.143 e. The van der Waals surface area contributed by atoms with Gasteiger partial charge in [0, 0.05) is 44.2 Å². The molecule has 0 spiro atoms. The smallest absolute Gasteiger partial charge is 0.143 e. The van der Waals surface area contributed by atoms with Gasteiger partial charge in [-0.15, -0.1) is 0 Å². The minimum Gasteiger partial charge on any atom is -0.456 e. The van der Waals surface area contributed by atoms with Crippen molar-refractivity contribution in [3.63, 3.8) is 0 Å². The zero-order valence-electron chi connectivity index (χ0n) is 41.4. The van der Waals surface area contributed by atoms with Gasteiger partial charge in [-0.05, 0) is 139 Å². The van der Waals surface area contributed by atoms with E-state index in [1.54, 1.807) is 0 Å². The molecule has 0 fully saturated rings. The average Bonchev–Trinajstić information content (AvgIpc) is 4.30. The van der Waals surface area contributed by atoms with Gasteiger partial charge in [0.1, 0.15) is 22.3 Å². The van der Waals surface area contributed by atoms with Gasteiger partial charge in [-0.2, -0.15) is 0 Å². The van der Waals surface area contributed by atoms with Crippen molar-refractivity contribution in [2.24, 2.45) is 0 Å². The fourth-order valence-electron chi connectivity index (χ4n) is 12.2. The third kappa shape index (κ3) is 6.97. The van der Waals surface area contributed by atoms with Crippen LogP contribution in [0.2, 0.25) is 0 Å². The summed E-state index contributed by atoms with van der Waals surface area (Å²) in [5.41, 5.74) is 23.0. The summed E-state index contributed by atoms with van der Waals surface area (Å²) in [7, 11) is 0. The molecule has 0 unspecified atom stereocenters. The van der Waals surface area contributed by atoms with Gasteiger partial charge >= 0.3 is 0 Å². The summed E-state index contributed by atoms with van der Waals surface area (Å²) in [5.74, 6) is 0. The van der Waals surface area contributed by atoms with E-state index < -0.39 is 5.41 Å². The zero-order chi connectivity index (χ0) is 50.2. The summed E-state index contributed by atoms with van der Waals surface area (Å²) in [6.45, 7) is 0. The molecule has 3 heteroatoms. The van der Waals surface area contributed by atoms with Crippen molar-refractivity contribution in [3.8, 4) is 55.6 Å². The van der Waals surface area contributed by atoms with Crippen LogP contribution in [0.3, 0.4) is 0 Å². The van der Waals surface area contributed by atoms with Crippen molar-refractivity contribution in [2.45, 2.75) is 5.41 Å². The number of rotatable bonds is 9. The Morgan fingerprint density at radius 1 is 0.250 bits per heavy atom. The number of hydrogen-bond donors (Lipinski definition) is 0. The molecule has 15 rings (SSSR count). The average molecular weight is 970 g/mol. The summed E-state index contributed by atoms with van der Waals surface area (Å²) in [4.78, 5) is 2.40. The first-order valence-electron chi connectivity index (χ1n) is 26.0. The molecule has 356 valence electrons. The first-order chi connectivity index (χ1) is 37.7. The van der Waals surface area contributed by atoms with Crippen LogP contribution in [0, 0.1) is 0 Å². The van der Waals surface area contributed by atoms with E-state index in [1.165, 1.54) is 33.4 Å². The molecule has 1 aliphatic carbocycles. The Kier molecular flexibility index (Phi) is 10.1. The molecule has 0 N–H and O–H groups in total. The van der Waals surface area contributed by atoms with E-state index >= 15 is 0 Å². The van der Waals surface area contributed by atoms with Crippen molar-refractivity contribution in [1.29, 1.82) is 0 Å². The molecule has 0 saturated carbocycles. The molecule has 76 heavy (non-hydrogen) atoms. The molecular formula is C73H47NO2. The number of anilines is 3. The molecule has 0 bridgehead atoms. The highest BCUT2D eigenvalue weighted by atomic mass is 16.3. The summed E-state index contributed by atoms with van der Waals surface area (Å²) in [6.07, 6.45) is 0. The Morgan fingerprint density at radius 2 is 0.711 bits per heavy atom. The number of fused-ring (bicyclic) bond motifs is 9. The quantitative estimate of drug-likeness (QED) is 0.144. The lowest BCUT2D eigenvalue weighted by Crippen LogP contribution is -2.28. The summed E-state index contributed by atoms with van der Waals surface area (Å²) in [5, 5.41) is 4.53. The summed E-state index contributed by atoms with van der Waals surface area (Å²) in [6, 6.07) is 103. The molecule has 2 aromatic heterocycles. The van der Waals surface area contributed by atoms with Gasteiger partial charge < -0.3 is 13.7 Å². The third-order valence-corrected chi connectivity index (χ3v) is 15.8. The van der Waals surface area contributed by atoms with Gasteiger partial charge in [-0.1, -0.05) is 218 Å². The predicted molar refractivity (Wildman–Crippen MR) is 315 cm³/mol. The van der Waals surface area contributed by atoms with Gasteiger partial charge in [-0.3, -0.25) is 0 Å². The van der Waals surface area contributed by atoms with Crippen LogP contribution in [0.4, 0.5) is 17.1 Å². The van der Waals surface area contributed by atoms with Crippen molar-refractivity contribution in [2.75, 3.05) is 4.90 Å². The maximum absolute atomic E-state index is 6.42. The van der Waals surface area contributed by atoms with E-state index in [0.29, 0.717) is 0 Å². The van der Waals surface area contributed by atoms with Crippen LogP contribution in [-0.2, 0) is 5.41 Å². The van der Waals surface area contributed by atoms with Gasteiger partial charge in [0.2, 0.25) is 0 Å². The fourth-order valence-corrected chi connectivity index (χ4v) is 12.2. The normalized spacial score (nSPS) is 12.6. The SMILES string of the molecule is c1ccc(C2(c3ccccc3)c3ccccc3-c3cc(N(c4ccc(-c5ccc(-c6cccc7c6oc6ccccc67)cc5)cc4)c4ccc(-c5cccc(-c6ccc7oc8ccccc8c7c6)c5)cc4)ccc32)cc1. The van der Waals surface area contributed by atoms with Crippen molar-refractivity contribution >= 4 is 60.9 Å². The Balaban J connectivity index is 0.821. The highest BCUT2D eigenvalue weighted by Gasteiger charge is 2.46. The number of para-hydroxylation sites is 3. The van der Waals surface area contributed by atoms with Crippen LogP contribution in [-0.4, -0.2) is 0 Å². The van der Waals surface area contributed by atoms with Gasteiger partial charge in [0.25, 0.3) is 0 Å². The van der Waals surface area contributed by atoms with E-state index in [4.69, 9.17) is 8.83 Å². The monoisotopic (exact) mass is 969 g/mol. The molecule has 14 aromatic rings. The van der Waals surface area contributed by atoms with E-state index in [2.05, 4.69) is 266 Å². The van der Waals surface area contributed by atoms with E-state index in [9.17, 15) is 0 Å². The predicted octanol–water partition coefficient (Wildman–Crippen LogP) is 20.0. The van der Waals surface area contributed by atoms with E-state index in [1.807, 2.05) is 24.3 Å². The number of benzene rings is 12. The lowest BCUT2D eigenvalue weighted by molar-refractivity contribution is 0.669. The first-order valence-corrected chi connectivity index (χ1v) is 26.0. The minimum absolute atomic E-state index is 0.484. The topological polar surface area (TPSA) is 29.5 Å². The van der Waals surface area contributed by atoms with Gasteiger partial charge in [-0.25, -0.2) is 0 Å². The number of hydrogen-bond acceptors (Lipinski definition) is 3. The standard InChI is InChI=1S/C73H47NO2/c1-3-17-55(18-4-1)73(56-19-5-2-6-20-56)67-26-10-7-21-61(67)65-47-59(42-43-68(65)73)74(57-38-33-49(34-39-57)48-29-31-51(32-30-48)60-24-14-25-64-62-22-8-12-28-70(62)76-72(60)64)58-40-35-50(36-41-58)52-15-13-16-53(45-52)54-37-44-71-66(46-54)63-23-9-11-27-69(63)75-71/h1-47H. The van der Waals surface area contributed by atoms with Crippen LogP contribution >= 0.6 is 0 Å². The van der Waals surface area contributed by atoms with E-state index in [0.717, 1.165) is 105 Å². The Hall–Kier alpha value is -9.96. The van der Waals surface area contributed by atoms with Crippen molar-refractivity contribution in [3.05, 3.63) is 307 Å². The molecular weight excluding hydrogens is 923 g/mol. The molecule has 0 radical (unpaired) electrons. The highest BCUT2D eigenvalue weighted by molar-refractivity contribution is 6.10.